The van der Waals surface area contributed by atoms with Gasteiger partial charge in [0.1, 0.15) is 11.5 Å². The lowest BCUT2D eigenvalue weighted by atomic mass is 10.2. The number of nitrogens with zero attached hydrogens (tertiary/aromatic N) is 1. The third-order valence-electron chi connectivity index (χ3n) is 2.27. The van der Waals surface area contributed by atoms with E-state index < -0.39 is 0 Å². The quantitative estimate of drug-likeness (QED) is 0.776. The summed E-state index contributed by atoms with van der Waals surface area (Å²) in [6, 6.07) is 4.27. The van der Waals surface area contributed by atoms with Crippen LogP contribution in [0.15, 0.2) is 16.5 Å². The lowest BCUT2D eigenvalue weighted by molar-refractivity contribution is 0.384. The first-order valence-corrected chi connectivity index (χ1v) is 5.56. The fourth-order valence-electron chi connectivity index (χ4n) is 1.55. The van der Waals surface area contributed by atoms with Gasteiger partial charge >= 0.3 is 0 Å². The summed E-state index contributed by atoms with van der Waals surface area (Å²) in [7, 11) is 4.17. The van der Waals surface area contributed by atoms with E-state index in [2.05, 4.69) is 25.1 Å². The summed E-state index contributed by atoms with van der Waals surface area (Å²) in [6.07, 6.45) is 2.98. The van der Waals surface area contributed by atoms with Crippen LogP contribution in [0.3, 0.4) is 0 Å². The van der Waals surface area contributed by atoms with Crippen molar-refractivity contribution in [3.8, 4) is 0 Å². The van der Waals surface area contributed by atoms with Gasteiger partial charge in [-0.15, -0.1) is 0 Å². The van der Waals surface area contributed by atoms with Crippen LogP contribution in [0.1, 0.15) is 24.9 Å². The minimum absolute atomic E-state index is 0.172. The Balaban J connectivity index is 2.33. The molecule has 0 aromatic carbocycles. The molecule has 86 valence electrons. The van der Waals surface area contributed by atoms with E-state index in [0.717, 1.165) is 37.3 Å². The Morgan fingerprint density at radius 3 is 2.60 bits per heavy atom. The molecule has 1 aromatic rings. The Labute approximate surface area is 92.2 Å². The van der Waals surface area contributed by atoms with Crippen molar-refractivity contribution in [2.75, 3.05) is 20.6 Å². The molecule has 0 saturated heterocycles. The molecule has 0 radical (unpaired) electrons. The molecule has 0 amide bonds. The van der Waals surface area contributed by atoms with Crippen molar-refractivity contribution in [1.29, 1.82) is 0 Å². The molecule has 0 saturated carbocycles. The molecule has 0 aliphatic rings. The second-order valence-corrected chi connectivity index (χ2v) is 4.46. The number of hydrogen-bond acceptors (Lipinski definition) is 3. The molecule has 2 N–H and O–H groups in total. The van der Waals surface area contributed by atoms with E-state index in [9.17, 15) is 0 Å². The van der Waals surface area contributed by atoms with Crippen molar-refractivity contribution in [1.82, 2.24) is 4.90 Å². The van der Waals surface area contributed by atoms with Crippen LogP contribution in [0.5, 0.6) is 0 Å². The van der Waals surface area contributed by atoms with Crippen LogP contribution in [-0.2, 0) is 12.8 Å². The van der Waals surface area contributed by atoms with Gasteiger partial charge in [0.15, 0.2) is 0 Å². The van der Waals surface area contributed by atoms with Crippen molar-refractivity contribution in [3.05, 3.63) is 23.7 Å². The Kier molecular flexibility index (Phi) is 4.85. The minimum atomic E-state index is 0.172. The maximum absolute atomic E-state index is 5.71. The van der Waals surface area contributed by atoms with Gasteiger partial charge in [-0.2, -0.15) is 0 Å². The maximum atomic E-state index is 5.71. The van der Waals surface area contributed by atoms with E-state index in [0.29, 0.717) is 0 Å². The van der Waals surface area contributed by atoms with Crippen LogP contribution >= 0.6 is 0 Å². The molecule has 0 fully saturated rings. The third-order valence-corrected chi connectivity index (χ3v) is 2.27. The number of rotatable bonds is 6. The lowest BCUT2D eigenvalue weighted by Gasteiger charge is -2.07. The van der Waals surface area contributed by atoms with Gasteiger partial charge in [-0.1, -0.05) is 0 Å². The van der Waals surface area contributed by atoms with Gasteiger partial charge in [0.05, 0.1) is 0 Å². The maximum Gasteiger partial charge on any atom is 0.105 e. The van der Waals surface area contributed by atoms with E-state index in [1.165, 1.54) is 0 Å². The third kappa shape index (κ3) is 5.00. The zero-order chi connectivity index (χ0) is 11.3. The number of furan rings is 1. The zero-order valence-electron chi connectivity index (χ0n) is 9.99. The molecule has 1 unspecified atom stereocenters. The molecule has 0 spiro atoms. The highest BCUT2D eigenvalue weighted by atomic mass is 16.3. The van der Waals surface area contributed by atoms with Crippen molar-refractivity contribution in [3.63, 3.8) is 0 Å². The normalized spacial score (nSPS) is 13.4. The van der Waals surface area contributed by atoms with Crippen LogP contribution in [0, 0.1) is 0 Å². The first-order valence-electron chi connectivity index (χ1n) is 5.56. The molecule has 1 heterocycles. The summed E-state index contributed by atoms with van der Waals surface area (Å²) in [4.78, 5) is 2.19. The van der Waals surface area contributed by atoms with Crippen LogP contribution in [0.4, 0.5) is 0 Å². The van der Waals surface area contributed by atoms with Gasteiger partial charge in [-0.3, -0.25) is 0 Å². The lowest BCUT2D eigenvalue weighted by Crippen LogP contribution is -2.17. The Hall–Kier alpha value is -0.800. The van der Waals surface area contributed by atoms with Crippen LogP contribution in [0.25, 0.3) is 0 Å². The topological polar surface area (TPSA) is 42.4 Å². The molecule has 1 atom stereocenters. The second-order valence-electron chi connectivity index (χ2n) is 4.46. The Bertz CT molecular complexity index is 279. The van der Waals surface area contributed by atoms with Crippen molar-refractivity contribution in [2.24, 2.45) is 5.73 Å². The summed E-state index contributed by atoms with van der Waals surface area (Å²) in [6.45, 7) is 3.09. The molecule has 1 rings (SSSR count). The highest BCUT2D eigenvalue weighted by molar-refractivity contribution is 5.08. The number of aryl methyl sites for hydroxylation is 1. The van der Waals surface area contributed by atoms with Crippen molar-refractivity contribution >= 4 is 0 Å². The fraction of sp³-hybridized carbons (Fsp3) is 0.667. The fourth-order valence-corrected chi connectivity index (χ4v) is 1.55. The minimum Gasteiger partial charge on any atom is -0.466 e. The average molecular weight is 210 g/mol. The SMILES string of the molecule is CC(N)Cc1ccc(CCCN(C)C)o1. The zero-order valence-corrected chi connectivity index (χ0v) is 9.99. The Morgan fingerprint density at radius 2 is 2.00 bits per heavy atom. The molecule has 1 aromatic heterocycles. The molecule has 0 aliphatic heterocycles. The summed E-state index contributed by atoms with van der Waals surface area (Å²) in [5.41, 5.74) is 5.71. The van der Waals surface area contributed by atoms with Gasteiger partial charge in [0.25, 0.3) is 0 Å². The van der Waals surface area contributed by atoms with Gasteiger partial charge in [-0.05, 0) is 46.1 Å². The van der Waals surface area contributed by atoms with Gasteiger partial charge in [-0.25, -0.2) is 0 Å². The van der Waals surface area contributed by atoms with E-state index >= 15 is 0 Å². The van der Waals surface area contributed by atoms with Gasteiger partial charge < -0.3 is 15.1 Å². The number of hydrogen-bond donors (Lipinski definition) is 1. The van der Waals surface area contributed by atoms with Gasteiger partial charge in [0, 0.05) is 18.9 Å². The molecule has 0 aliphatic carbocycles. The monoisotopic (exact) mass is 210 g/mol. The van der Waals surface area contributed by atoms with E-state index in [-0.39, 0.29) is 6.04 Å². The molecule has 3 nitrogen and oxygen atoms in total. The smallest absolute Gasteiger partial charge is 0.105 e. The first-order chi connectivity index (χ1) is 7.08. The first kappa shape index (κ1) is 12.3. The largest absolute Gasteiger partial charge is 0.466 e. The highest BCUT2D eigenvalue weighted by Gasteiger charge is 2.04. The molecule has 15 heavy (non-hydrogen) atoms. The van der Waals surface area contributed by atoms with E-state index in [1.54, 1.807) is 0 Å². The van der Waals surface area contributed by atoms with Crippen LogP contribution in [0.2, 0.25) is 0 Å². The van der Waals surface area contributed by atoms with Crippen LogP contribution < -0.4 is 5.73 Å². The molecule has 3 heteroatoms. The van der Waals surface area contributed by atoms with Gasteiger partial charge in [0.2, 0.25) is 0 Å². The predicted octanol–water partition coefficient (Wildman–Crippen LogP) is 1.66. The van der Waals surface area contributed by atoms with E-state index in [1.807, 2.05) is 13.0 Å². The predicted molar refractivity (Wildman–Crippen MR) is 62.9 cm³/mol. The average Bonchev–Trinajstić information content (AvgIpc) is 2.50. The van der Waals surface area contributed by atoms with Crippen molar-refractivity contribution < 1.29 is 4.42 Å². The second kappa shape index (κ2) is 5.93. The summed E-state index contributed by atoms with van der Waals surface area (Å²) < 4.78 is 5.68. The Morgan fingerprint density at radius 1 is 1.33 bits per heavy atom. The molecular weight excluding hydrogens is 188 g/mol. The van der Waals surface area contributed by atoms with Crippen molar-refractivity contribution in [2.45, 2.75) is 32.2 Å². The molecular formula is C12H22N2O. The summed E-state index contributed by atoms with van der Waals surface area (Å²) in [5.74, 6) is 2.08. The molecule has 0 bridgehead atoms. The van der Waals surface area contributed by atoms with E-state index in [4.69, 9.17) is 10.2 Å². The van der Waals surface area contributed by atoms with Crippen LogP contribution in [-0.4, -0.2) is 31.6 Å². The highest BCUT2D eigenvalue weighted by Crippen LogP contribution is 2.11. The summed E-state index contributed by atoms with van der Waals surface area (Å²) in [5, 5.41) is 0. The standard InChI is InChI=1S/C12H22N2O/c1-10(13)9-12-7-6-11(15-12)5-4-8-14(2)3/h6-7,10H,4-5,8-9,13H2,1-3H3. The number of nitrogens with two attached hydrogens (primary N) is 1. The summed E-state index contributed by atoms with van der Waals surface area (Å²) >= 11 is 0.